The normalized spacial score (nSPS) is 12.5. The first-order chi connectivity index (χ1) is 10.3. The molecule has 0 aliphatic heterocycles. The summed E-state index contributed by atoms with van der Waals surface area (Å²) in [4.78, 5) is 27.8. The van der Waals surface area contributed by atoms with Crippen molar-refractivity contribution in [3.63, 3.8) is 0 Å². The molecule has 8 heteroatoms. The van der Waals surface area contributed by atoms with E-state index < -0.39 is 45.2 Å². The Labute approximate surface area is 133 Å². The van der Waals surface area contributed by atoms with Crippen LogP contribution in [0.2, 0.25) is 0 Å². The van der Waals surface area contributed by atoms with Gasteiger partial charge < -0.3 is 4.74 Å². The highest BCUT2D eigenvalue weighted by atomic mass is 79.9. The smallest absolute Gasteiger partial charge is 0.322 e. The predicted molar refractivity (Wildman–Crippen MR) is 77.5 cm³/mol. The van der Waals surface area contributed by atoms with Gasteiger partial charge in [-0.15, -0.1) is 0 Å². The van der Waals surface area contributed by atoms with Gasteiger partial charge >= 0.3 is 5.97 Å². The van der Waals surface area contributed by atoms with Gasteiger partial charge in [0.1, 0.15) is 0 Å². The summed E-state index contributed by atoms with van der Waals surface area (Å²) in [5, 5.41) is 0. The maximum absolute atomic E-state index is 14.0. The molecule has 0 aliphatic carbocycles. The van der Waals surface area contributed by atoms with Gasteiger partial charge in [-0.3, -0.25) is 14.6 Å². The zero-order valence-corrected chi connectivity index (χ0v) is 13.4. The summed E-state index contributed by atoms with van der Waals surface area (Å²) in [6, 6.07) is 0.407. The van der Waals surface area contributed by atoms with Gasteiger partial charge in [-0.1, -0.05) is 0 Å². The van der Waals surface area contributed by atoms with Gasteiger partial charge in [0.25, 0.3) is 0 Å². The molecule has 1 rings (SSSR count). The second-order valence-electron chi connectivity index (χ2n) is 4.09. The molecule has 0 N–H and O–H groups in total. The minimum Gasteiger partial charge on any atom is -0.465 e. The Bertz CT molecular complexity index is 620. The monoisotopic (exact) mass is 379 g/mol. The number of rotatable bonds is 6. The number of ether oxygens (including phenoxy) is 1. The molecule has 0 heterocycles. The van der Waals surface area contributed by atoms with Crippen LogP contribution in [-0.4, -0.2) is 31.1 Å². The fourth-order valence-electron chi connectivity index (χ4n) is 1.60. The Hall–Kier alpha value is -1.70. The number of esters is 1. The lowest BCUT2D eigenvalue weighted by Crippen LogP contribution is -2.29. The number of carbonyl (C=O) groups excluding carboxylic acids is 2. The van der Waals surface area contributed by atoms with Crippen LogP contribution in [0.15, 0.2) is 15.5 Å². The number of halogens is 4. The van der Waals surface area contributed by atoms with E-state index in [4.69, 9.17) is 4.74 Å². The minimum atomic E-state index is -1.52. The lowest BCUT2D eigenvalue weighted by molar-refractivity contribution is -0.143. The van der Waals surface area contributed by atoms with Crippen LogP contribution in [0.25, 0.3) is 0 Å². The number of hydrogen-bond donors (Lipinski definition) is 0. The SMILES string of the molecule is CCN=CC(C(=O)OCC)C(=O)c1cc(F)c(F)c(Br)c1F. The molecule has 1 aromatic rings. The van der Waals surface area contributed by atoms with E-state index in [1.807, 2.05) is 0 Å². The van der Waals surface area contributed by atoms with Crippen molar-refractivity contribution < 1.29 is 27.5 Å². The van der Waals surface area contributed by atoms with Crippen LogP contribution in [0.5, 0.6) is 0 Å². The standard InChI is InChI=1S/C14H13BrF3NO3/c1-3-19-6-8(14(21)22-4-2)13(20)7-5-9(16)12(18)10(15)11(7)17/h5-6,8H,3-4H2,1-2H3. The lowest BCUT2D eigenvalue weighted by Gasteiger charge is -2.12. The van der Waals surface area contributed by atoms with Gasteiger partial charge in [-0.25, -0.2) is 13.2 Å². The van der Waals surface area contributed by atoms with Crippen LogP contribution in [0.4, 0.5) is 13.2 Å². The van der Waals surface area contributed by atoms with Crippen molar-refractivity contribution in [2.24, 2.45) is 10.9 Å². The molecule has 0 aliphatic rings. The highest BCUT2D eigenvalue weighted by molar-refractivity contribution is 9.10. The van der Waals surface area contributed by atoms with Gasteiger partial charge in [-0.05, 0) is 35.8 Å². The molecule has 1 aromatic carbocycles. The third kappa shape index (κ3) is 3.94. The number of hydrogen-bond acceptors (Lipinski definition) is 4. The van der Waals surface area contributed by atoms with Crippen LogP contribution in [-0.2, 0) is 9.53 Å². The van der Waals surface area contributed by atoms with Crippen LogP contribution >= 0.6 is 15.9 Å². The van der Waals surface area contributed by atoms with Gasteiger partial charge in [0.15, 0.2) is 29.2 Å². The van der Waals surface area contributed by atoms with E-state index in [9.17, 15) is 22.8 Å². The number of nitrogens with zero attached hydrogens (tertiary/aromatic N) is 1. The molecule has 4 nitrogen and oxygen atoms in total. The Balaban J connectivity index is 3.30. The number of aliphatic imine (C=N–C) groups is 1. The van der Waals surface area contributed by atoms with E-state index in [1.165, 1.54) is 6.92 Å². The molecule has 0 amide bonds. The van der Waals surface area contributed by atoms with Crippen LogP contribution in [0.1, 0.15) is 24.2 Å². The van der Waals surface area contributed by atoms with Crippen molar-refractivity contribution in [3.8, 4) is 0 Å². The first kappa shape index (κ1) is 18.3. The molecular weight excluding hydrogens is 367 g/mol. The van der Waals surface area contributed by atoms with E-state index in [2.05, 4.69) is 20.9 Å². The number of ketones is 1. The highest BCUT2D eigenvalue weighted by Gasteiger charge is 2.31. The van der Waals surface area contributed by atoms with Crippen molar-refractivity contribution in [1.82, 2.24) is 0 Å². The van der Waals surface area contributed by atoms with Crippen molar-refractivity contribution in [2.75, 3.05) is 13.2 Å². The van der Waals surface area contributed by atoms with E-state index in [-0.39, 0.29) is 13.2 Å². The molecule has 1 unspecified atom stereocenters. The molecule has 0 spiro atoms. The molecule has 0 aromatic heterocycles. The first-order valence-electron chi connectivity index (χ1n) is 6.38. The van der Waals surface area contributed by atoms with E-state index in [1.54, 1.807) is 6.92 Å². The van der Waals surface area contributed by atoms with E-state index in [0.717, 1.165) is 6.21 Å². The second kappa shape index (κ2) is 8.07. The van der Waals surface area contributed by atoms with Crippen LogP contribution < -0.4 is 0 Å². The summed E-state index contributed by atoms with van der Waals surface area (Å²) >= 11 is 2.53. The molecular formula is C14H13BrF3NO3. The topological polar surface area (TPSA) is 55.7 Å². The molecule has 22 heavy (non-hydrogen) atoms. The number of benzene rings is 1. The largest absolute Gasteiger partial charge is 0.465 e. The zero-order chi connectivity index (χ0) is 16.9. The molecule has 1 atom stereocenters. The Morgan fingerprint density at radius 3 is 2.50 bits per heavy atom. The predicted octanol–water partition coefficient (Wildman–Crippen LogP) is 3.32. The van der Waals surface area contributed by atoms with Crippen molar-refractivity contribution >= 4 is 33.9 Å². The zero-order valence-electron chi connectivity index (χ0n) is 11.8. The third-order valence-electron chi connectivity index (χ3n) is 2.63. The minimum absolute atomic E-state index is 0.00648. The Kier molecular flexibility index (Phi) is 6.73. The van der Waals surface area contributed by atoms with Crippen molar-refractivity contribution in [3.05, 3.63) is 33.6 Å². The van der Waals surface area contributed by atoms with E-state index >= 15 is 0 Å². The number of Topliss-reactive ketones (excluding diaryl/α,β-unsaturated/α-hetero) is 1. The average molecular weight is 380 g/mol. The van der Waals surface area contributed by atoms with Crippen LogP contribution in [0, 0.1) is 23.4 Å². The van der Waals surface area contributed by atoms with E-state index in [0.29, 0.717) is 6.07 Å². The van der Waals surface area contributed by atoms with Gasteiger partial charge in [0.2, 0.25) is 0 Å². The highest BCUT2D eigenvalue weighted by Crippen LogP contribution is 2.26. The Morgan fingerprint density at radius 2 is 1.95 bits per heavy atom. The summed E-state index contributed by atoms with van der Waals surface area (Å²) in [6.45, 7) is 3.49. The lowest BCUT2D eigenvalue weighted by atomic mass is 9.98. The van der Waals surface area contributed by atoms with Crippen molar-refractivity contribution in [2.45, 2.75) is 13.8 Å². The summed E-state index contributed by atoms with van der Waals surface area (Å²) in [5.74, 6) is -7.68. The van der Waals surface area contributed by atoms with Crippen molar-refractivity contribution in [1.29, 1.82) is 0 Å². The summed E-state index contributed by atoms with van der Waals surface area (Å²) < 4.78 is 44.5. The molecule has 0 saturated carbocycles. The first-order valence-corrected chi connectivity index (χ1v) is 7.18. The average Bonchev–Trinajstić information content (AvgIpc) is 2.49. The quantitative estimate of drug-likeness (QED) is 0.190. The fourth-order valence-corrected chi connectivity index (χ4v) is 2.00. The van der Waals surface area contributed by atoms with Gasteiger partial charge in [-0.2, -0.15) is 0 Å². The summed E-state index contributed by atoms with van der Waals surface area (Å²) in [6.07, 6.45) is 1.01. The molecule has 0 saturated heterocycles. The van der Waals surface area contributed by atoms with Gasteiger partial charge in [0, 0.05) is 12.8 Å². The second-order valence-corrected chi connectivity index (χ2v) is 4.88. The van der Waals surface area contributed by atoms with Gasteiger partial charge in [0.05, 0.1) is 16.6 Å². The molecule has 0 fully saturated rings. The summed E-state index contributed by atoms with van der Waals surface area (Å²) in [7, 11) is 0. The maximum atomic E-state index is 14.0. The molecule has 0 bridgehead atoms. The molecule has 120 valence electrons. The van der Waals surface area contributed by atoms with Crippen LogP contribution in [0.3, 0.4) is 0 Å². The Morgan fingerprint density at radius 1 is 1.32 bits per heavy atom. The number of carbonyl (C=O) groups is 2. The third-order valence-corrected chi connectivity index (χ3v) is 3.32. The fraction of sp³-hybridized carbons (Fsp3) is 0.357. The summed E-state index contributed by atoms with van der Waals surface area (Å²) in [5.41, 5.74) is -0.758. The maximum Gasteiger partial charge on any atom is 0.322 e. The molecule has 0 radical (unpaired) electrons.